The van der Waals surface area contributed by atoms with E-state index in [1.54, 1.807) is 0 Å². The smallest absolute Gasteiger partial charge is 0.113 e. The van der Waals surface area contributed by atoms with Gasteiger partial charge in [0.05, 0.1) is 11.2 Å². The molecule has 1 N–H and O–H groups in total. The molecule has 1 heterocycles. The lowest BCUT2D eigenvalue weighted by Gasteiger charge is -2.40. The maximum atomic E-state index is 5.02. The zero-order valence-corrected chi connectivity index (χ0v) is 14.1. The van der Waals surface area contributed by atoms with Gasteiger partial charge in [-0.2, -0.15) is 0 Å². The number of thiazole rings is 1. The zero-order chi connectivity index (χ0) is 14.4. The highest BCUT2D eigenvalue weighted by atomic mass is 32.1. The molecule has 2 saturated carbocycles. The largest absolute Gasteiger partial charge is 0.308 e. The van der Waals surface area contributed by atoms with Gasteiger partial charge in [0, 0.05) is 10.8 Å². The Labute approximate surface area is 127 Å². The van der Waals surface area contributed by atoms with Gasteiger partial charge in [-0.05, 0) is 44.6 Å². The van der Waals surface area contributed by atoms with Crippen molar-refractivity contribution in [3.05, 3.63) is 16.1 Å². The molecule has 2 fully saturated rings. The Morgan fingerprint density at radius 1 is 1.25 bits per heavy atom. The van der Waals surface area contributed by atoms with Crippen molar-refractivity contribution in [1.29, 1.82) is 0 Å². The van der Waals surface area contributed by atoms with Gasteiger partial charge in [0.1, 0.15) is 5.01 Å². The van der Waals surface area contributed by atoms with E-state index in [1.165, 1.54) is 49.2 Å². The molecule has 2 aliphatic rings. The average Bonchev–Trinajstić information content (AvgIpc) is 3.13. The summed E-state index contributed by atoms with van der Waals surface area (Å²) in [6, 6.07) is 0. The van der Waals surface area contributed by atoms with E-state index in [4.69, 9.17) is 4.98 Å². The van der Waals surface area contributed by atoms with Crippen LogP contribution in [0.1, 0.15) is 70.0 Å². The third-order valence-corrected chi connectivity index (χ3v) is 6.28. The molecule has 0 aliphatic heterocycles. The highest BCUT2D eigenvalue weighted by Gasteiger charge is 2.44. The van der Waals surface area contributed by atoms with E-state index >= 15 is 0 Å². The van der Waals surface area contributed by atoms with Crippen molar-refractivity contribution < 1.29 is 0 Å². The molecule has 0 bridgehead atoms. The third kappa shape index (κ3) is 2.67. The molecule has 3 rings (SSSR count). The van der Waals surface area contributed by atoms with E-state index in [0.29, 0.717) is 0 Å². The van der Waals surface area contributed by atoms with Gasteiger partial charge in [0.2, 0.25) is 0 Å². The second-order valence-electron chi connectivity index (χ2n) is 7.81. The van der Waals surface area contributed by atoms with E-state index in [9.17, 15) is 0 Å². The van der Waals surface area contributed by atoms with Crippen LogP contribution in [0, 0.1) is 11.8 Å². The first-order valence-corrected chi connectivity index (χ1v) is 8.98. The Morgan fingerprint density at radius 3 is 2.55 bits per heavy atom. The molecular weight excluding hydrogens is 264 g/mol. The molecular formula is C17H28N2S. The predicted molar refractivity (Wildman–Crippen MR) is 86.2 cm³/mol. The molecule has 1 aromatic rings. The molecule has 0 amide bonds. The zero-order valence-electron chi connectivity index (χ0n) is 13.3. The average molecular weight is 292 g/mol. The predicted octanol–water partition coefficient (Wildman–Crippen LogP) is 4.46. The van der Waals surface area contributed by atoms with Gasteiger partial charge in [-0.1, -0.05) is 33.6 Å². The van der Waals surface area contributed by atoms with E-state index in [-0.39, 0.29) is 11.0 Å². The molecule has 20 heavy (non-hydrogen) atoms. The first kappa shape index (κ1) is 14.5. The standard InChI is InChI=1S/C17H28N2S/c1-16(2,3)14-11-20-15(19-14)17(18-4)9-5-6-13(10-17)12-7-8-12/h11-13,18H,5-10H2,1-4H3. The highest BCUT2D eigenvalue weighted by Crippen LogP contribution is 2.50. The lowest BCUT2D eigenvalue weighted by atomic mass is 9.74. The summed E-state index contributed by atoms with van der Waals surface area (Å²) in [5.41, 5.74) is 1.56. The Bertz CT molecular complexity index is 470. The van der Waals surface area contributed by atoms with Crippen LogP contribution < -0.4 is 5.32 Å². The van der Waals surface area contributed by atoms with Crippen LogP contribution in [0.25, 0.3) is 0 Å². The fraction of sp³-hybridized carbons (Fsp3) is 0.824. The molecule has 112 valence electrons. The number of hydrogen-bond acceptors (Lipinski definition) is 3. The lowest BCUT2D eigenvalue weighted by Crippen LogP contribution is -2.44. The van der Waals surface area contributed by atoms with Crippen LogP contribution >= 0.6 is 11.3 Å². The number of nitrogens with one attached hydrogen (secondary N) is 1. The minimum atomic E-state index is 0.152. The first-order valence-electron chi connectivity index (χ1n) is 8.10. The van der Waals surface area contributed by atoms with Gasteiger partial charge in [-0.25, -0.2) is 4.98 Å². The van der Waals surface area contributed by atoms with Crippen LogP contribution in [0.5, 0.6) is 0 Å². The van der Waals surface area contributed by atoms with E-state index in [0.717, 1.165) is 11.8 Å². The quantitative estimate of drug-likeness (QED) is 0.890. The SMILES string of the molecule is CNC1(c2nc(C(C)(C)C)cs2)CCCC(C2CC2)C1. The normalized spacial score (nSPS) is 31.5. The topological polar surface area (TPSA) is 24.9 Å². The van der Waals surface area contributed by atoms with Crippen molar-refractivity contribution in [2.75, 3.05) is 7.05 Å². The van der Waals surface area contributed by atoms with Crippen molar-refractivity contribution >= 4 is 11.3 Å². The van der Waals surface area contributed by atoms with Gasteiger partial charge in [-0.15, -0.1) is 11.3 Å². The van der Waals surface area contributed by atoms with Gasteiger partial charge < -0.3 is 5.32 Å². The molecule has 0 saturated heterocycles. The summed E-state index contributed by atoms with van der Waals surface area (Å²) in [6.07, 6.45) is 8.28. The Hall–Kier alpha value is -0.410. The van der Waals surface area contributed by atoms with Crippen LogP contribution in [-0.4, -0.2) is 12.0 Å². The molecule has 2 nitrogen and oxygen atoms in total. The first-order chi connectivity index (χ1) is 9.44. The van der Waals surface area contributed by atoms with Crippen molar-refractivity contribution in [3.8, 4) is 0 Å². The maximum Gasteiger partial charge on any atom is 0.113 e. The lowest BCUT2D eigenvalue weighted by molar-refractivity contribution is 0.173. The second-order valence-corrected chi connectivity index (χ2v) is 8.67. The van der Waals surface area contributed by atoms with Crippen molar-refractivity contribution in [2.45, 2.75) is 70.3 Å². The van der Waals surface area contributed by atoms with Gasteiger partial charge in [0.15, 0.2) is 0 Å². The Morgan fingerprint density at radius 2 is 2.00 bits per heavy atom. The molecule has 2 atom stereocenters. The molecule has 2 unspecified atom stereocenters. The summed E-state index contributed by atoms with van der Waals surface area (Å²) in [6.45, 7) is 6.77. The molecule has 0 aromatic carbocycles. The Kier molecular flexibility index (Phi) is 3.70. The van der Waals surface area contributed by atoms with Gasteiger partial charge in [-0.3, -0.25) is 0 Å². The van der Waals surface area contributed by atoms with Gasteiger partial charge in [0.25, 0.3) is 0 Å². The summed E-state index contributed by atoms with van der Waals surface area (Å²) in [4.78, 5) is 5.02. The van der Waals surface area contributed by atoms with Crippen LogP contribution in [0.15, 0.2) is 5.38 Å². The van der Waals surface area contributed by atoms with E-state index < -0.39 is 0 Å². The molecule has 3 heteroatoms. The summed E-state index contributed by atoms with van der Waals surface area (Å²) >= 11 is 1.87. The summed E-state index contributed by atoms with van der Waals surface area (Å²) < 4.78 is 0. The molecule has 2 aliphatic carbocycles. The summed E-state index contributed by atoms with van der Waals surface area (Å²) in [5, 5.41) is 7.26. The minimum absolute atomic E-state index is 0.152. The molecule has 1 aromatic heterocycles. The maximum absolute atomic E-state index is 5.02. The number of rotatable bonds is 3. The van der Waals surface area contributed by atoms with E-state index in [1.807, 2.05) is 11.3 Å². The Balaban J connectivity index is 1.85. The summed E-state index contributed by atoms with van der Waals surface area (Å²) in [7, 11) is 2.13. The molecule has 0 spiro atoms. The number of aromatic nitrogens is 1. The van der Waals surface area contributed by atoms with E-state index in [2.05, 4.69) is 38.5 Å². The van der Waals surface area contributed by atoms with Crippen LogP contribution in [0.3, 0.4) is 0 Å². The monoisotopic (exact) mass is 292 g/mol. The van der Waals surface area contributed by atoms with Crippen molar-refractivity contribution in [1.82, 2.24) is 10.3 Å². The number of nitrogens with zero attached hydrogens (tertiary/aromatic N) is 1. The minimum Gasteiger partial charge on any atom is -0.308 e. The van der Waals surface area contributed by atoms with Crippen LogP contribution in [0.4, 0.5) is 0 Å². The van der Waals surface area contributed by atoms with Crippen LogP contribution in [-0.2, 0) is 11.0 Å². The van der Waals surface area contributed by atoms with Crippen molar-refractivity contribution in [2.24, 2.45) is 11.8 Å². The third-order valence-electron chi connectivity index (χ3n) is 5.24. The fourth-order valence-corrected chi connectivity index (χ4v) is 4.95. The fourth-order valence-electron chi connectivity index (χ4n) is 3.65. The molecule has 0 radical (unpaired) electrons. The van der Waals surface area contributed by atoms with Crippen LogP contribution in [0.2, 0.25) is 0 Å². The van der Waals surface area contributed by atoms with Gasteiger partial charge >= 0.3 is 0 Å². The van der Waals surface area contributed by atoms with Crippen molar-refractivity contribution in [3.63, 3.8) is 0 Å². The summed E-state index contributed by atoms with van der Waals surface area (Å²) in [5.74, 6) is 1.95. The number of hydrogen-bond donors (Lipinski definition) is 1. The second kappa shape index (κ2) is 5.10. The highest BCUT2D eigenvalue weighted by molar-refractivity contribution is 7.09.